The smallest absolute Gasteiger partial charge is 0.234 e. The Kier molecular flexibility index (Phi) is 5.48. The zero-order chi connectivity index (χ0) is 18.7. The number of carbonyl (C=O) groups is 2. The first kappa shape index (κ1) is 18.5. The molecule has 0 bridgehead atoms. The van der Waals surface area contributed by atoms with Crippen molar-refractivity contribution < 1.29 is 9.59 Å². The Hall–Kier alpha value is -1.88. The second kappa shape index (κ2) is 8.01. The van der Waals surface area contributed by atoms with E-state index in [1.54, 1.807) is 0 Å². The lowest BCUT2D eigenvalue weighted by Crippen LogP contribution is -2.52. The average molecular weight is 370 g/mol. The molecule has 5 nitrogen and oxygen atoms in total. The van der Waals surface area contributed by atoms with Gasteiger partial charge in [-0.15, -0.1) is 0 Å². The zero-order valence-electron chi connectivity index (χ0n) is 16.2. The van der Waals surface area contributed by atoms with Crippen molar-refractivity contribution >= 4 is 11.8 Å². The third kappa shape index (κ3) is 4.89. The molecule has 3 aliphatic rings. The molecule has 146 valence electrons. The number of benzene rings is 1. The molecule has 0 radical (unpaired) electrons. The molecular weight excluding hydrogens is 338 g/mol. The number of rotatable bonds is 6. The Morgan fingerprint density at radius 3 is 2.56 bits per heavy atom. The SMILES string of the molecule is O=C(CN1CCC2(CCC(=O)N(CC3CC3)C2)CC1)NCc1ccccc1. The van der Waals surface area contributed by atoms with Crippen LogP contribution in [0.25, 0.3) is 0 Å². The van der Waals surface area contributed by atoms with Crippen LogP contribution in [0.1, 0.15) is 44.1 Å². The van der Waals surface area contributed by atoms with Crippen LogP contribution in [-0.4, -0.2) is 54.3 Å². The van der Waals surface area contributed by atoms with Gasteiger partial charge in [0.1, 0.15) is 0 Å². The fourth-order valence-corrected chi connectivity index (χ4v) is 4.53. The first-order valence-corrected chi connectivity index (χ1v) is 10.4. The van der Waals surface area contributed by atoms with Gasteiger partial charge in [0.05, 0.1) is 6.54 Å². The molecule has 3 fully saturated rings. The van der Waals surface area contributed by atoms with Crippen molar-refractivity contribution in [2.75, 3.05) is 32.7 Å². The molecule has 2 heterocycles. The Bertz CT molecular complexity index is 663. The summed E-state index contributed by atoms with van der Waals surface area (Å²) in [6.07, 6.45) is 6.54. The van der Waals surface area contributed by atoms with Gasteiger partial charge in [-0.25, -0.2) is 0 Å². The third-order valence-electron chi connectivity index (χ3n) is 6.54. The number of carbonyl (C=O) groups excluding carboxylic acids is 2. The number of piperidine rings is 2. The Balaban J connectivity index is 1.22. The number of likely N-dealkylation sites (tertiary alicyclic amines) is 2. The van der Waals surface area contributed by atoms with Crippen LogP contribution in [0.4, 0.5) is 0 Å². The minimum atomic E-state index is 0.101. The van der Waals surface area contributed by atoms with Gasteiger partial charge in [0, 0.05) is 26.1 Å². The molecule has 1 saturated carbocycles. The highest BCUT2D eigenvalue weighted by atomic mass is 16.2. The monoisotopic (exact) mass is 369 g/mol. The highest BCUT2D eigenvalue weighted by Crippen LogP contribution is 2.41. The maximum atomic E-state index is 12.3. The molecule has 0 atom stereocenters. The van der Waals surface area contributed by atoms with E-state index >= 15 is 0 Å². The molecule has 1 spiro atoms. The molecule has 2 saturated heterocycles. The lowest BCUT2D eigenvalue weighted by atomic mass is 9.72. The standard InChI is InChI=1S/C22H31N3O2/c26-20(23-14-18-4-2-1-3-5-18)16-24-12-10-22(11-13-24)9-8-21(27)25(17-22)15-19-6-7-19/h1-5,19H,6-17H2,(H,23,26). The fourth-order valence-electron chi connectivity index (χ4n) is 4.53. The number of nitrogens with zero attached hydrogens (tertiary/aromatic N) is 2. The van der Waals surface area contributed by atoms with E-state index in [-0.39, 0.29) is 5.91 Å². The second-order valence-corrected chi connectivity index (χ2v) is 8.76. The van der Waals surface area contributed by atoms with E-state index in [0.29, 0.717) is 30.8 Å². The summed E-state index contributed by atoms with van der Waals surface area (Å²) in [6.45, 7) is 4.92. The van der Waals surface area contributed by atoms with Crippen LogP contribution in [0.15, 0.2) is 30.3 Å². The van der Waals surface area contributed by atoms with E-state index in [9.17, 15) is 9.59 Å². The quantitative estimate of drug-likeness (QED) is 0.838. The van der Waals surface area contributed by atoms with Crippen LogP contribution in [0, 0.1) is 11.3 Å². The van der Waals surface area contributed by atoms with E-state index in [2.05, 4.69) is 15.1 Å². The number of hydrogen-bond acceptors (Lipinski definition) is 3. The van der Waals surface area contributed by atoms with E-state index in [0.717, 1.165) is 56.9 Å². The second-order valence-electron chi connectivity index (χ2n) is 8.76. The van der Waals surface area contributed by atoms with Gasteiger partial charge in [-0.2, -0.15) is 0 Å². The Labute approximate surface area is 162 Å². The summed E-state index contributed by atoms with van der Waals surface area (Å²) in [5, 5.41) is 3.03. The maximum absolute atomic E-state index is 12.3. The van der Waals surface area contributed by atoms with Gasteiger partial charge in [-0.3, -0.25) is 14.5 Å². The van der Waals surface area contributed by atoms with Crippen molar-refractivity contribution in [2.24, 2.45) is 11.3 Å². The predicted molar refractivity (Wildman–Crippen MR) is 105 cm³/mol. The molecule has 5 heteroatoms. The Morgan fingerprint density at radius 1 is 1.11 bits per heavy atom. The lowest BCUT2D eigenvalue weighted by molar-refractivity contribution is -0.139. The summed E-state index contributed by atoms with van der Waals surface area (Å²) in [6, 6.07) is 10.0. The topological polar surface area (TPSA) is 52.7 Å². The Morgan fingerprint density at radius 2 is 1.85 bits per heavy atom. The largest absolute Gasteiger partial charge is 0.351 e. The summed E-state index contributed by atoms with van der Waals surface area (Å²) in [7, 11) is 0. The molecule has 4 rings (SSSR count). The molecule has 1 aliphatic carbocycles. The number of amides is 2. The third-order valence-corrected chi connectivity index (χ3v) is 6.54. The molecule has 1 aromatic rings. The summed E-state index contributed by atoms with van der Waals surface area (Å²) in [4.78, 5) is 28.9. The van der Waals surface area contributed by atoms with E-state index < -0.39 is 0 Å². The first-order valence-electron chi connectivity index (χ1n) is 10.4. The summed E-state index contributed by atoms with van der Waals surface area (Å²) in [5.74, 6) is 1.22. The van der Waals surface area contributed by atoms with E-state index in [1.165, 1.54) is 12.8 Å². The summed E-state index contributed by atoms with van der Waals surface area (Å²) >= 11 is 0. The molecule has 0 aromatic heterocycles. The lowest BCUT2D eigenvalue weighted by Gasteiger charge is -2.47. The molecule has 1 aromatic carbocycles. The first-order chi connectivity index (χ1) is 13.1. The van der Waals surface area contributed by atoms with E-state index in [1.807, 2.05) is 30.3 Å². The van der Waals surface area contributed by atoms with Gasteiger partial charge >= 0.3 is 0 Å². The van der Waals surface area contributed by atoms with Gasteiger partial charge in [0.25, 0.3) is 0 Å². The van der Waals surface area contributed by atoms with Gasteiger partial charge < -0.3 is 10.2 Å². The summed E-state index contributed by atoms with van der Waals surface area (Å²) in [5.41, 5.74) is 1.42. The van der Waals surface area contributed by atoms with Crippen molar-refractivity contribution in [1.29, 1.82) is 0 Å². The molecule has 27 heavy (non-hydrogen) atoms. The van der Waals surface area contributed by atoms with Crippen molar-refractivity contribution in [3.05, 3.63) is 35.9 Å². The van der Waals surface area contributed by atoms with Gasteiger partial charge in [0.15, 0.2) is 0 Å². The van der Waals surface area contributed by atoms with Crippen LogP contribution >= 0.6 is 0 Å². The van der Waals surface area contributed by atoms with Crippen molar-refractivity contribution in [2.45, 2.75) is 45.1 Å². The fraction of sp³-hybridized carbons (Fsp3) is 0.636. The van der Waals surface area contributed by atoms with Gasteiger partial charge in [0.2, 0.25) is 11.8 Å². The van der Waals surface area contributed by atoms with Crippen molar-refractivity contribution in [1.82, 2.24) is 15.1 Å². The summed E-state index contributed by atoms with van der Waals surface area (Å²) < 4.78 is 0. The average Bonchev–Trinajstić information content (AvgIpc) is 3.50. The van der Waals surface area contributed by atoms with Crippen LogP contribution in [-0.2, 0) is 16.1 Å². The normalized spacial score (nSPS) is 22.8. The molecule has 2 amide bonds. The highest BCUT2D eigenvalue weighted by Gasteiger charge is 2.42. The van der Waals surface area contributed by atoms with Gasteiger partial charge in [-0.1, -0.05) is 30.3 Å². The number of nitrogens with one attached hydrogen (secondary N) is 1. The van der Waals surface area contributed by atoms with Crippen LogP contribution < -0.4 is 5.32 Å². The molecule has 0 unspecified atom stereocenters. The van der Waals surface area contributed by atoms with Crippen LogP contribution in [0.3, 0.4) is 0 Å². The van der Waals surface area contributed by atoms with Crippen LogP contribution in [0.2, 0.25) is 0 Å². The van der Waals surface area contributed by atoms with Crippen molar-refractivity contribution in [3.63, 3.8) is 0 Å². The highest BCUT2D eigenvalue weighted by molar-refractivity contribution is 5.78. The van der Waals surface area contributed by atoms with Gasteiger partial charge in [-0.05, 0) is 62.1 Å². The zero-order valence-corrected chi connectivity index (χ0v) is 16.2. The van der Waals surface area contributed by atoms with Crippen LogP contribution in [0.5, 0.6) is 0 Å². The minimum Gasteiger partial charge on any atom is -0.351 e. The van der Waals surface area contributed by atoms with E-state index in [4.69, 9.17) is 0 Å². The number of hydrogen-bond donors (Lipinski definition) is 1. The predicted octanol–water partition coefficient (Wildman–Crippen LogP) is 2.42. The molecule has 2 aliphatic heterocycles. The van der Waals surface area contributed by atoms with Crippen molar-refractivity contribution in [3.8, 4) is 0 Å². The molecule has 1 N–H and O–H groups in total. The maximum Gasteiger partial charge on any atom is 0.234 e. The minimum absolute atomic E-state index is 0.101. The molecular formula is C22H31N3O2.